The Balaban J connectivity index is 0.000000605. The number of para-hydroxylation sites is 1. The van der Waals surface area contributed by atoms with E-state index in [1.807, 2.05) is 30.5 Å². The Hall–Kier alpha value is -1.09. The number of aromatic nitrogens is 2. The normalized spacial score (nSPS) is 9.09. The van der Waals surface area contributed by atoms with Gasteiger partial charge in [0.05, 0.1) is 5.52 Å². The monoisotopic (exact) mass is 162 g/mol. The first-order chi connectivity index (χ1) is 4.97. The van der Waals surface area contributed by atoms with Crippen LogP contribution in [-0.2, 0) is 0 Å². The first-order valence-electron chi connectivity index (χ1n) is 3.11. The molecule has 2 radical (unpaired) electrons. The first kappa shape index (κ1) is 8.01. The second kappa shape index (κ2) is 3.34. The molecule has 2 rings (SSSR count). The Morgan fingerprint density at radius 1 is 1.09 bits per heavy atom. The lowest BCUT2D eigenvalue weighted by atomic mass is 10.2. The van der Waals surface area contributed by atoms with Crippen LogP contribution in [0.2, 0.25) is 0 Å². The molecular formula is C8H6N2S. The van der Waals surface area contributed by atoms with Gasteiger partial charge in [0.1, 0.15) is 6.33 Å². The van der Waals surface area contributed by atoms with Gasteiger partial charge < -0.3 is 0 Å². The van der Waals surface area contributed by atoms with Crippen molar-refractivity contribution in [1.82, 2.24) is 9.97 Å². The third-order valence-corrected chi connectivity index (χ3v) is 1.41. The van der Waals surface area contributed by atoms with Crippen molar-refractivity contribution in [3.8, 4) is 0 Å². The van der Waals surface area contributed by atoms with E-state index in [2.05, 4.69) is 9.97 Å². The minimum absolute atomic E-state index is 0. The molecule has 1 heterocycles. The number of fused-ring (bicyclic) bond motifs is 1. The molecule has 1 aromatic heterocycles. The van der Waals surface area contributed by atoms with Gasteiger partial charge in [0.25, 0.3) is 0 Å². The Morgan fingerprint density at radius 3 is 2.73 bits per heavy atom. The Bertz CT molecular complexity index is 283. The molecule has 0 atom stereocenters. The van der Waals surface area contributed by atoms with Crippen LogP contribution in [0.1, 0.15) is 0 Å². The molecule has 1 aromatic carbocycles. The molecular weight excluding hydrogens is 156 g/mol. The van der Waals surface area contributed by atoms with E-state index >= 15 is 0 Å². The molecule has 0 aliphatic heterocycles. The average molecular weight is 162 g/mol. The van der Waals surface area contributed by atoms with Crippen molar-refractivity contribution < 1.29 is 0 Å². The smallest absolute Gasteiger partial charge is 0.116 e. The summed E-state index contributed by atoms with van der Waals surface area (Å²) in [4.78, 5) is 7.97. The molecule has 2 aromatic rings. The molecule has 0 fully saturated rings. The number of hydrogen-bond acceptors (Lipinski definition) is 2. The highest BCUT2D eigenvalue weighted by Gasteiger charge is 1.87. The maximum Gasteiger partial charge on any atom is 0.116 e. The van der Waals surface area contributed by atoms with E-state index in [9.17, 15) is 0 Å². The molecule has 0 spiro atoms. The summed E-state index contributed by atoms with van der Waals surface area (Å²) in [5.41, 5.74) is 0.998. The van der Waals surface area contributed by atoms with E-state index < -0.39 is 0 Å². The lowest BCUT2D eigenvalue weighted by molar-refractivity contribution is 1.22. The van der Waals surface area contributed by atoms with Crippen molar-refractivity contribution in [2.24, 2.45) is 0 Å². The van der Waals surface area contributed by atoms with Gasteiger partial charge in [-0.3, -0.25) is 0 Å². The second-order valence-corrected chi connectivity index (χ2v) is 2.08. The summed E-state index contributed by atoms with van der Waals surface area (Å²) in [5, 5.41) is 1.09. The van der Waals surface area contributed by atoms with Crippen LogP contribution in [0.15, 0.2) is 36.8 Å². The van der Waals surface area contributed by atoms with Crippen molar-refractivity contribution >= 4 is 24.4 Å². The first-order valence-corrected chi connectivity index (χ1v) is 3.11. The summed E-state index contributed by atoms with van der Waals surface area (Å²) in [6.07, 6.45) is 3.37. The molecule has 11 heavy (non-hydrogen) atoms. The Kier molecular flexibility index (Phi) is 2.44. The molecule has 0 saturated carbocycles. The fourth-order valence-electron chi connectivity index (χ4n) is 0.923. The third-order valence-electron chi connectivity index (χ3n) is 1.41. The van der Waals surface area contributed by atoms with Crippen LogP contribution in [0, 0.1) is 0 Å². The second-order valence-electron chi connectivity index (χ2n) is 2.08. The zero-order valence-electron chi connectivity index (χ0n) is 5.77. The number of hydrogen-bond donors (Lipinski definition) is 0. The molecule has 0 saturated heterocycles. The van der Waals surface area contributed by atoms with Crippen LogP contribution in [-0.4, -0.2) is 9.97 Å². The molecule has 0 unspecified atom stereocenters. The van der Waals surface area contributed by atoms with Crippen LogP contribution in [0.3, 0.4) is 0 Å². The maximum atomic E-state index is 4.07. The zero-order chi connectivity index (χ0) is 6.81. The molecule has 0 N–H and O–H groups in total. The third kappa shape index (κ3) is 1.49. The lowest BCUT2D eigenvalue weighted by Gasteiger charge is -1.90. The highest BCUT2D eigenvalue weighted by Crippen LogP contribution is 2.06. The van der Waals surface area contributed by atoms with Crippen LogP contribution in [0.4, 0.5) is 0 Å². The highest BCUT2D eigenvalue weighted by molar-refractivity contribution is 7.59. The SMILES string of the molecule is [S].c1ccc2ncncc2c1. The van der Waals surface area contributed by atoms with Gasteiger partial charge in [-0.2, -0.15) is 0 Å². The van der Waals surface area contributed by atoms with Crippen LogP contribution >= 0.6 is 13.5 Å². The van der Waals surface area contributed by atoms with Crippen LogP contribution < -0.4 is 0 Å². The summed E-state index contributed by atoms with van der Waals surface area (Å²) >= 11 is 0. The van der Waals surface area contributed by atoms with Gasteiger partial charge in [0.15, 0.2) is 0 Å². The molecule has 3 heteroatoms. The van der Waals surface area contributed by atoms with E-state index in [1.165, 1.54) is 0 Å². The quantitative estimate of drug-likeness (QED) is 0.594. The van der Waals surface area contributed by atoms with Gasteiger partial charge in [-0.05, 0) is 6.07 Å². The minimum Gasteiger partial charge on any atom is -0.244 e. The molecule has 0 bridgehead atoms. The minimum atomic E-state index is 0. The maximum absolute atomic E-state index is 4.07. The summed E-state index contributed by atoms with van der Waals surface area (Å²) in [5.74, 6) is 0. The summed E-state index contributed by atoms with van der Waals surface area (Å²) in [7, 11) is 0. The van der Waals surface area contributed by atoms with E-state index in [4.69, 9.17) is 0 Å². The van der Waals surface area contributed by atoms with Crippen molar-refractivity contribution in [2.45, 2.75) is 0 Å². The molecule has 2 nitrogen and oxygen atoms in total. The number of rotatable bonds is 0. The fourth-order valence-corrected chi connectivity index (χ4v) is 0.923. The standard InChI is InChI=1S/C8H6N2.S/c1-2-4-8-7(3-1)5-9-6-10-8;/h1-6H;. The van der Waals surface area contributed by atoms with Crippen LogP contribution in [0.25, 0.3) is 10.9 Å². The lowest BCUT2D eigenvalue weighted by Crippen LogP contribution is -1.77. The fraction of sp³-hybridized carbons (Fsp3) is 0. The molecule has 0 aliphatic rings. The van der Waals surface area contributed by atoms with Crippen molar-refractivity contribution in [2.75, 3.05) is 0 Å². The van der Waals surface area contributed by atoms with Crippen molar-refractivity contribution in [3.05, 3.63) is 36.8 Å². The largest absolute Gasteiger partial charge is 0.244 e. The van der Waals surface area contributed by atoms with E-state index in [0.29, 0.717) is 0 Å². The van der Waals surface area contributed by atoms with Gasteiger partial charge in [0, 0.05) is 25.1 Å². The van der Waals surface area contributed by atoms with Gasteiger partial charge in [-0.1, -0.05) is 18.2 Å². The highest BCUT2D eigenvalue weighted by atomic mass is 32.1. The Morgan fingerprint density at radius 2 is 1.91 bits per heavy atom. The average Bonchev–Trinajstić information content (AvgIpc) is 2.05. The van der Waals surface area contributed by atoms with Crippen molar-refractivity contribution in [3.63, 3.8) is 0 Å². The van der Waals surface area contributed by atoms with Gasteiger partial charge in [-0.15, -0.1) is 0 Å². The summed E-state index contributed by atoms with van der Waals surface area (Å²) in [6.45, 7) is 0. The number of benzene rings is 1. The Labute approximate surface area is 71.7 Å². The molecule has 54 valence electrons. The van der Waals surface area contributed by atoms with Gasteiger partial charge in [0.2, 0.25) is 0 Å². The topological polar surface area (TPSA) is 25.8 Å². The predicted octanol–water partition coefficient (Wildman–Crippen LogP) is 2.28. The summed E-state index contributed by atoms with van der Waals surface area (Å²) < 4.78 is 0. The zero-order valence-corrected chi connectivity index (χ0v) is 6.58. The van der Waals surface area contributed by atoms with Crippen molar-refractivity contribution in [1.29, 1.82) is 0 Å². The van der Waals surface area contributed by atoms with E-state index in [0.717, 1.165) is 10.9 Å². The van der Waals surface area contributed by atoms with Gasteiger partial charge in [-0.25, -0.2) is 9.97 Å². The van der Waals surface area contributed by atoms with E-state index in [1.54, 1.807) is 6.33 Å². The number of nitrogens with zero attached hydrogens (tertiary/aromatic N) is 2. The predicted molar refractivity (Wildman–Crippen MR) is 47.1 cm³/mol. The molecule has 0 amide bonds. The summed E-state index contributed by atoms with van der Waals surface area (Å²) in [6, 6.07) is 7.91. The van der Waals surface area contributed by atoms with E-state index in [-0.39, 0.29) is 13.5 Å². The van der Waals surface area contributed by atoms with Gasteiger partial charge >= 0.3 is 0 Å². The molecule has 0 aliphatic carbocycles. The van der Waals surface area contributed by atoms with Crippen LogP contribution in [0.5, 0.6) is 0 Å².